The van der Waals surface area contributed by atoms with E-state index in [1.165, 1.54) is 4.90 Å². The monoisotopic (exact) mass is 435 g/mol. The van der Waals surface area contributed by atoms with Crippen molar-refractivity contribution in [2.24, 2.45) is 5.92 Å². The van der Waals surface area contributed by atoms with E-state index in [9.17, 15) is 14.4 Å². The van der Waals surface area contributed by atoms with E-state index >= 15 is 0 Å². The zero-order valence-corrected chi connectivity index (χ0v) is 19.4. The first-order chi connectivity index (χ1) is 15.3. The van der Waals surface area contributed by atoms with Crippen molar-refractivity contribution >= 4 is 23.4 Å². The number of hydrogen-bond donors (Lipinski definition) is 1. The van der Waals surface area contributed by atoms with Gasteiger partial charge in [-0.2, -0.15) is 0 Å². The molecule has 0 saturated carbocycles. The van der Waals surface area contributed by atoms with Crippen LogP contribution in [-0.4, -0.2) is 47.2 Å². The highest BCUT2D eigenvalue weighted by atomic mass is 16.2. The number of aryl methyl sites for hydroxylation is 1. The van der Waals surface area contributed by atoms with Gasteiger partial charge < -0.3 is 15.1 Å². The molecule has 0 fully saturated rings. The maximum absolute atomic E-state index is 13.4. The SMILES string of the molecule is CCc1ccccc1NC(=O)CN(C)C(=O)C1Cc2ccccc2CN1C(=O)CC(C)C. The molecular formula is C26H33N3O3. The van der Waals surface area contributed by atoms with E-state index < -0.39 is 6.04 Å². The molecule has 1 N–H and O–H groups in total. The van der Waals surface area contributed by atoms with Gasteiger partial charge in [0.25, 0.3) is 0 Å². The lowest BCUT2D eigenvalue weighted by Crippen LogP contribution is -2.54. The summed E-state index contributed by atoms with van der Waals surface area (Å²) in [5.74, 6) is -0.284. The molecule has 6 nitrogen and oxygen atoms in total. The van der Waals surface area contributed by atoms with E-state index in [0.29, 0.717) is 19.4 Å². The van der Waals surface area contributed by atoms with Crippen LogP contribution in [0.5, 0.6) is 0 Å². The van der Waals surface area contributed by atoms with Crippen LogP contribution in [-0.2, 0) is 33.8 Å². The highest BCUT2D eigenvalue weighted by molar-refractivity contribution is 5.96. The second kappa shape index (κ2) is 10.4. The number of benzene rings is 2. The number of likely N-dealkylation sites (N-methyl/N-ethyl adjacent to an activating group) is 1. The van der Waals surface area contributed by atoms with Gasteiger partial charge in [-0.3, -0.25) is 14.4 Å². The van der Waals surface area contributed by atoms with Gasteiger partial charge in [-0.1, -0.05) is 63.2 Å². The van der Waals surface area contributed by atoms with Crippen LogP contribution in [0.25, 0.3) is 0 Å². The fraction of sp³-hybridized carbons (Fsp3) is 0.423. The third kappa shape index (κ3) is 5.55. The molecule has 1 aliphatic heterocycles. The van der Waals surface area contributed by atoms with Gasteiger partial charge in [-0.05, 0) is 35.1 Å². The number of fused-ring (bicyclic) bond motifs is 1. The summed E-state index contributed by atoms with van der Waals surface area (Å²) in [6.07, 6.45) is 1.66. The predicted octanol–water partition coefficient (Wildman–Crippen LogP) is 3.65. The van der Waals surface area contributed by atoms with E-state index in [0.717, 1.165) is 28.8 Å². The van der Waals surface area contributed by atoms with Crippen LogP contribution < -0.4 is 5.32 Å². The van der Waals surface area contributed by atoms with Crippen LogP contribution in [0.1, 0.15) is 43.9 Å². The summed E-state index contributed by atoms with van der Waals surface area (Å²) < 4.78 is 0. The number of amides is 3. The van der Waals surface area contributed by atoms with Gasteiger partial charge in [0.1, 0.15) is 6.04 Å². The Morgan fingerprint density at radius 3 is 2.41 bits per heavy atom. The van der Waals surface area contributed by atoms with Crippen molar-refractivity contribution in [3.8, 4) is 0 Å². The number of carbonyl (C=O) groups is 3. The first-order valence-electron chi connectivity index (χ1n) is 11.3. The lowest BCUT2D eigenvalue weighted by atomic mass is 9.92. The minimum atomic E-state index is -0.600. The number of para-hydroxylation sites is 1. The summed E-state index contributed by atoms with van der Waals surface area (Å²) >= 11 is 0. The number of carbonyl (C=O) groups excluding carboxylic acids is 3. The highest BCUT2D eigenvalue weighted by Crippen LogP contribution is 2.26. The molecule has 170 valence electrons. The minimum Gasteiger partial charge on any atom is -0.335 e. The molecule has 0 radical (unpaired) electrons. The average Bonchev–Trinajstić information content (AvgIpc) is 2.77. The van der Waals surface area contributed by atoms with Crippen molar-refractivity contribution in [3.63, 3.8) is 0 Å². The van der Waals surface area contributed by atoms with Gasteiger partial charge in [-0.25, -0.2) is 0 Å². The molecule has 1 atom stereocenters. The smallest absolute Gasteiger partial charge is 0.245 e. The number of anilines is 1. The van der Waals surface area contributed by atoms with Crippen LogP contribution in [0.15, 0.2) is 48.5 Å². The van der Waals surface area contributed by atoms with Gasteiger partial charge in [0, 0.05) is 32.1 Å². The van der Waals surface area contributed by atoms with Crippen molar-refractivity contribution in [1.29, 1.82) is 0 Å². The van der Waals surface area contributed by atoms with E-state index in [4.69, 9.17) is 0 Å². The van der Waals surface area contributed by atoms with Gasteiger partial charge in [0.05, 0.1) is 6.54 Å². The Morgan fingerprint density at radius 1 is 1.06 bits per heavy atom. The third-order valence-corrected chi connectivity index (χ3v) is 5.87. The molecule has 1 aliphatic rings. The molecule has 0 aliphatic carbocycles. The second-order valence-electron chi connectivity index (χ2n) is 8.86. The fourth-order valence-electron chi connectivity index (χ4n) is 4.16. The van der Waals surface area contributed by atoms with Gasteiger partial charge in [-0.15, -0.1) is 0 Å². The largest absolute Gasteiger partial charge is 0.335 e. The maximum Gasteiger partial charge on any atom is 0.245 e. The summed E-state index contributed by atoms with van der Waals surface area (Å²) in [5.41, 5.74) is 3.96. The molecule has 3 rings (SSSR count). The third-order valence-electron chi connectivity index (χ3n) is 5.87. The van der Waals surface area contributed by atoms with Gasteiger partial charge >= 0.3 is 0 Å². The van der Waals surface area contributed by atoms with Crippen molar-refractivity contribution in [1.82, 2.24) is 9.80 Å². The average molecular weight is 436 g/mol. The Balaban J connectivity index is 1.73. The molecule has 0 bridgehead atoms. The molecular weight excluding hydrogens is 402 g/mol. The maximum atomic E-state index is 13.4. The highest BCUT2D eigenvalue weighted by Gasteiger charge is 2.36. The summed E-state index contributed by atoms with van der Waals surface area (Å²) in [6, 6.07) is 15.0. The zero-order chi connectivity index (χ0) is 23.3. The lowest BCUT2D eigenvalue weighted by molar-refractivity contribution is -0.147. The molecule has 32 heavy (non-hydrogen) atoms. The standard InChI is InChI=1S/C26H33N3O3/c1-5-19-10-8-9-13-22(19)27-24(30)17-28(4)26(32)23-15-20-11-6-7-12-21(20)16-29(23)25(31)14-18(2)3/h6-13,18,23H,5,14-17H2,1-4H3,(H,27,30). The number of rotatable bonds is 7. The molecule has 3 amide bonds. The van der Waals surface area contributed by atoms with E-state index in [-0.39, 0.29) is 30.2 Å². The Labute approximate surface area is 190 Å². The molecule has 0 saturated heterocycles. The molecule has 0 spiro atoms. The fourth-order valence-corrected chi connectivity index (χ4v) is 4.16. The molecule has 1 unspecified atom stereocenters. The zero-order valence-electron chi connectivity index (χ0n) is 19.4. The quantitative estimate of drug-likeness (QED) is 0.722. The lowest BCUT2D eigenvalue weighted by Gasteiger charge is -2.38. The van der Waals surface area contributed by atoms with Gasteiger partial charge in [0.2, 0.25) is 17.7 Å². The summed E-state index contributed by atoms with van der Waals surface area (Å²) in [5, 5.41) is 2.91. The Kier molecular flexibility index (Phi) is 7.67. The summed E-state index contributed by atoms with van der Waals surface area (Å²) in [4.78, 5) is 42.1. The normalized spacial score (nSPS) is 15.3. The predicted molar refractivity (Wildman–Crippen MR) is 126 cm³/mol. The number of hydrogen-bond acceptors (Lipinski definition) is 3. The molecule has 1 heterocycles. The number of nitrogens with zero attached hydrogens (tertiary/aromatic N) is 2. The first kappa shape index (κ1) is 23.5. The topological polar surface area (TPSA) is 69.7 Å². The van der Waals surface area contributed by atoms with Crippen molar-refractivity contribution < 1.29 is 14.4 Å². The molecule has 6 heteroatoms. The Hall–Kier alpha value is -3.15. The van der Waals surface area contributed by atoms with Crippen LogP contribution in [0.4, 0.5) is 5.69 Å². The van der Waals surface area contributed by atoms with Crippen LogP contribution in [0.2, 0.25) is 0 Å². The van der Waals surface area contributed by atoms with Crippen molar-refractivity contribution in [2.45, 2.75) is 52.6 Å². The minimum absolute atomic E-state index is 0.0254. The van der Waals surface area contributed by atoms with Crippen molar-refractivity contribution in [2.75, 3.05) is 18.9 Å². The van der Waals surface area contributed by atoms with Crippen LogP contribution >= 0.6 is 0 Å². The summed E-state index contributed by atoms with van der Waals surface area (Å²) in [7, 11) is 1.62. The van der Waals surface area contributed by atoms with Gasteiger partial charge in [0.15, 0.2) is 0 Å². The molecule has 2 aromatic carbocycles. The first-order valence-corrected chi connectivity index (χ1v) is 11.3. The molecule has 2 aromatic rings. The van der Waals surface area contributed by atoms with E-state index in [1.807, 2.05) is 69.3 Å². The van der Waals surface area contributed by atoms with Crippen molar-refractivity contribution in [3.05, 3.63) is 65.2 Å². The van der Waals surface area contributed by atoms with Crippen LogP contribution in [0.3, 0.4) is 0 Å². The van der Waals surface area contributed by atoms with E-state index in [2.05, 4.69) is 5.32 Å². The molecule has 0 aromatic heterocycles. The Bertz CT molecular complexity index is 986. The van der Waals surface area contributed by atoms with Crippen LogP contribution in [0, 0.1) is 5.92 Å². The number of nitrogens with one attached hydrogen (secondary N) is 1. The Morgan fingerprint density at radius 2 is 1.72 bits per heavy atom. The van der Waals surface area contributed by atoms with E-state index in [1.54, 1.807) is 11.9 Å². The second-order valence-corrected chi connectivity index (χ2v) is 8.86. The summed E-state index contributed by atoms with van der Waals surface area (Å²) in [6.45, 7) is 6.38.